The molecule has 1 amide bonds. The Kier molecular flexibility index (Phi) is 6.77. The number of nitrogens with zero attached hydrogens (tertiary/aromatic N) is 3. The second-order valence-corrected chi connectivity index (χ2v) is 7.87. The highest BCUT2D eigenvalue weighted by Gasteiger charge is 2.36. The highest BCUT2D eigenvalue weighted by atomic mass is 35.5. The van der Waals surface area contributed by atoms with E-state index >= 15 is 0 Å². The van der Waals surface area contributed by atoms with Gasteiger partial charge in [0.2, 0.25) is 0 Å². The normalized spacial score (nSPS) is 17.3. The van der Waals surface area contributed by atoms with Crippen LogP contribution in [-0.4, -0.2) is 41.1 Å². The van der Waals surface area contributed by atoms with Crippen LogP contribution in [0.4, 0.5) is 18.9 Å². The molecule has 5 nitrogen and oxygen atoms in total. The number of anilines is 1. The van der Waals surface area contributed by atoms with Crippen molar-refractivity contribution in [2.45, 2.75) is 38.2 Å². The van der Waals surface area contributed by atoms with Crippen molar-refractivity contribution in [2.24, 2.45) is 0 Å². The van der Waals surface area contributed by atoms with E-state index < -0.39 is 23.8 Å². The minimum absolute atomic E-state index is 0.0563. The van der Waals surface area contributed by atoms with E-state index in [4.69, 9.17) is 16.9 Å². The van der Waals surface area contributed by atoms with E-state index in [-0.39, 0.29) is 35.3 Å². The van der Waals surface area contributed by atoms with E-state index in [0.717, 1.165) is 6.07 Å². The Morgan fingerprint density at radius 2 is 2.06 bits per heavy atom. The van der Waals surface area contributed by atoms with Gasteiger partial charge in [-0.05, 0) is 43.2 Å². The monoisotopic (exact) mass is 451 g/mol. The van der Waals surface area contributed by atoms with Crippen LogP contribution in [0.1, 0.15) is 30.0 Å². The van der Waals surface area contributed by atoms with Gasteiger partial charge in [-0.25, -0.2) is 0 Å². The Labute approximate surface area is 183 Å². The molecule has 1 N–H and O–H groups in total. The minimum Gasteiger partial charge on any atom is -0.384 e. The molecule has 2 aromatic carbocycles. The molecule has 164 valence electrons. The first kappa shape index (κ1) is 22.9. The molecule has 1 heterocycles. The third-order valence-corrected chi connectivity index (χ3v) is 5.65. The Bertz CT molecular complexity index is 1000. The number of hydrogen-bond acceptors (Lipinski definition) is 4. The summed E-state index contributed by atoms with van der Waals surface area (Å²) in [7, 11) is 0. The van der Waals surface area contributed by atoms with Crippen LogP contribution in [0.3, 0.4) is 0 Å². The second kappa shape index (κ2) is 9.16. The summed E-state index contributed by atoms with van der Waals surface area (Å²) < 4.78 is 40.6. The number of carbonyl (C=O) groups is 1. The van der Waals surface area contributed by atoms with Crippen LogP contribution in [0, 0.1) is 11.3 Å². The number of halogens is 4. The largest absolute Gasteiger partial charge is 0.416 e. The SMILES string of the molecule is C[C@H](O)C(=O)N1CCC(N(Cc2ccccc2C(F)(F)F)c2ccc(C#N)c(Cl)c2)C1. The van der Waals surface area contributed by atoms with Gasteiger partial charge in [0, 0.05) is 31.4 Å². The lowest BCUT2D eigenvalue weighted by atomic mass is 10.0. The second-order valence-electron chi connectivity index (χ2n) is 7.46. The molecule has 0 saturated carbocycles. The lowest BCUT2D eigenvalue weighted by molar-refractivity contribution is -0.138. The van der Waals surface area contributed by atoms with Crippen LogP contribution < -0.4 is 4.90 Å². The van der Waals surface area contributed by atoms with Crippen molar-refractivity contribution in [2.75, 3.05) is 18.0 Å². The lowest BCUT2D eigenvalue weighted by Crippen LogP contribution is -2.41. The first-order valence-electron chi connectivity index (χ1n) is 9.70. The van der Waals surface area contributed by atoms with Gasteiger partial charge in [0.05, 0.1) is 16.1 Å². The summed E-state index contributed by atoms with van der Waals surface area (Å²) in [5.41, 5.74) is 0.182. The van der Waals surface area contributed by atoms with E-state index in [0.29, 0.717) is 18.7 Å². The summed E-state index contributed by atoms with van der Waals surface area (Å²) in [5, 5.41) is 18.9. The molecule has 0 aromatic heterocycles. The number of carbonyl (C=O) groups excluding carboxylic acids is 1. The van der Waals surface area contributed by atoms with Crippen molar-refractivity contribution >= 4 is 23.2 Å². The van der Waals surface area contributed by atoms with Crippen molar-refractivity contribution in [3.8, 4) is 6.07 Å². The van der Waals surface area contributed by atoms with Crippen LogP contribution in [0.5, 0.6) is 0 Å². The van der Waals surface area contributed by atoms with E-state index in [2.05, 4.69) is 0 Å². The zero-order valence-corrected chi connectivity index (χ0v) is 17.5. The topological polar surface area (TPSA) is 67.6 Å². The van der Waals surface area contributed by atoms with Crippen molar-refractivity contribution in [3.63, 3.8) is 0 Å². The van der Waals surface area contributed by atoms with Gasteiger partial charge < -0.3 is 14.9 Å². The van der Waals surface area contributed by atoms with Gasteiger partial charge in [0.25, 0.3) is 5.91 Å². The molecule has 31 heavy (non-hydrogen) atoms. The smallest absolute Gasteiger partial charge is 0.384 e. The number of likely N-dealkylation sites (tertiary alicyclic amines) is 1. The average molecular weight is 452 g/mol. The third-order valence-electron chi connectivity index (χ3n) is 5.34. The van der Waals surface area contributed by atoms with E-state index in [1.807, 2.05) is 6.07 Å². The predicted molar refractivity (Wildman–Crippen MR) is 110 cm³/mol. The fourth-order valence-corrected chi connectivity index (χ4v) is 4.00. The quantitative estimate of drug-likeness (QED) is 0.739. The molecule has 3 rings (SSSR count). The molecule has 0 spiro atoms. The van der Waals surface area contributed by atoms with Crippen LogP contribution >= 0.6 is 11.6 Å². The number of alkyl halides is 3. The van der Waals surface area contributed by atoms with Gasteiger partial charge in [0.1, 0.15) is 12.2 Å². The van der Waals surface area contributed by atoms with Crippen LogP contribution in [0.2, 0.25) is 5.02 Å². The average Bonchev–Trinajstić information content (AvgIpc) is 3.20. The summed E-state index contributed by atoms with van der Waals surface area (Å²) in [6.45, 7) is 1.97. The molecule has 1 fully saturated rings. The molecular weight excluding hydrogens is 431 g/mol. The Morgan fingerprint density at radius 1 is 1.35 bits per heavy atom. The summed E-state index contributed by atoms with van der Waals surface area (Å²) in [5.74, 6) is -0.420. The fourth-order valence-electron chi connectivity index (χ4n) is 3.78. The van der Waals surface area contributed by atoms with Crippen LogP contribution in [0.25, 0.3) is 0 Å². The van der Waals surface area contributed by atoms with E-state index in [1.165, 1.54) is 30.0 Å². The van der Waals surface area contributed by atoms with E-state index in [9.17, 15) is 23.1 Å². The summed E-state index contributed by atoms with van der Waals surface area (Å²) in [4.78, 5) is 15.5. The van der Waals surface area contributed by atoms with Gasteiger partial charge in [-0.1, -0.05) is 29.8 Å². The molecule has 9 heteroatoms. The number of amides is 1. The van der Waals surface area contributed by atoms with Gasteiger partial charge in [0.15, 0.2) is 0 Å². The van der Waals surface area contributed by atoms with Gasteiger partial charge in [-0.15, -0.1) is 0 Å². The van der Waals surface area contributed by atoms with Crippen molar-refractivity contribution < 1.29 is 23.1 Å². The van der Waals surface area contributed by atoms with Gasteiger partial charge in [-0.3, -0.25) is 4.79 Å². The van der Waals surface area contributed by atoms with Gasteiger partial charge in [-0.2, -0.15) is 18.4 Å². The maximum Gasteiger partial charge on any atom is 0.416 e. The molecule has 0 radical (unpaired) electrons. The number of aliphatic hydroxyl groups excluding tert-OH is 1. The molecule has 0 aliphatic carbocycles. The number of nitriles is 1. The minimum atomic E-state index is -4.51. The Hall–Kier alpha value is -2.76. The van der Waals surface area contributed by atoms with E-state index in [1.54, 1.807) is 23.1 Å². The summed E-state index contributed by atoms with van der Waals surface area (Å²) >= 11 is 6.18. The first-order valence-corrected chi connectivity index (χ1v) is 10.1. The first-order chi connectivity index (χ1) is 14.6. The molecule has 2 atom stereocenters. The molecule has 1 aliphatic heterocycles. The summed E-state index contributed by atoms with van der Waals surface area (Å²) in [6, 6.07) is 11.7. The zero-order chi connectivity index (χ0) is 22.8. The van der Waals surface area contributed by atoms with Gasteiger partial charge >= 0.3 is 6.18 Å². The number of benzene rings is 2. The summed E-state index contributed by atoms with van der Waals surface area (Å²) in [6.07, 6.45) is -5.14. The van der Waals surface area contributed by atoms with Crippen molar-refractivity contribution in [3.05, 3.63) is 64.2 Å². The Balaban J connectivity index is 1.98. The van der Waals surface area contributed by atoms with Crippen molar-refractivity contribution in [1.82, 2.24) is 4.90 Å². The molecule has 1 aliphatic rings. The molecule has 0 bridgehead atoms. The predicted octanol–water partition coefficient (Wildman–Crippen LogP) is 4.22. The molecule has 2 aromatic rings. The maximum absolute atomic E-state index is 13.5. The number of rotatable bonds is 5. The highest BCUT2D eigenvalue weighted by molar-refractivity contribution is 6.32. The molecule has 1 saturated heterocycles. The molecular formula is C22H21ClF3N3O2. The Morgan fingerprint density at radius 3 is 2.68 bits per heavy atom. The fraction of sp³-hybridized carbons (Fsp3) is 0.364. The number of aliphatic hydroxyl groups is 1. The zero-order valence-electron chi connectivity index (χ0n) is 16.7. The van der Waals surface area contributed by atoms with Crippen molar-refractivity contribution in [1.29, 1.82) is 5.26 Å². The van der Waals surface area contributed by atoms with Crippen LogP contribution in [-0.2, 0) is 17.5 Å². The third kappa shape index (κ3) is 5.12. The maximum atomic E-state index is 13.5. The highest BCUT2D eigenvalue weighted by Crippen LogP contribution is 2.35. The number of hydrogen-bond donors (Lipinski definition) is 1. The van der Waals surface area contributed by atoms with Crippen LogP contribution in [0.15, 0.2) is 42.5 Å². The standard InChI is InChI=1S/C22H21ClF3N3O2/c1-14(30)21(31)28-9-8-18(13-28)29(17-7-6-15(11-27)20(23)10-17)12-16-4-2-3-5-19(16)22(24,25)26/h2-7,10,14,18,30H,8-9,12-13H2,1H3/t14-,18?/m0/s1. The molecule has 1 unspecified atom stereocenters. The lowest BCUT2D eigenvalue weighted by Gasteiger charge is -2.32.